The van der Waals surface area contributed by atoms with Gasteiger partial charge in [-0.25, -0.2) is 4.98 Å². The Balaban J connectivity index is 1.40. The van der Waals surface area contributed by atoms with Crippen molar-refractivity contribution in [3.05, 3.63) is 18.2 Å². The third-order valence-corrected chi connectivity index (χ3v) is 7.05. The summed E-state index contributed by atoms with van der Waals surface area (Å²) in [7, 11) is 3.09. The van der Waals surface area contributed by atoms with Crippen LogP contribution in [0.25, 0.3) is 10.2 Å². The minimum absolute atomic E-state index is 0.0139. The highest BCUT2D eigenvalue weighted by molar-refractivity contribution is 7.22. The van der Waals surface area contributed by atoms with E-state index < -0.39 is 0 Å². The molecule has 156 valence electrons. The molecular formula is C21H27N3O4S. The normalized spacial score (nSPS) is 20.7. The van der Waals surface area contributed by atoms with Gasteiger partial charge in [0, 0.05) is 26.2 Å². The number of hydrogen-bond acceptors (Lipinski definition) is 7. The quantitative estimate of drug-likeness (QED) is 0.713. The number of nitrogens with zero attached hydrogens (tertiary/aromatic N) is 3. The molecular weight excluding hydrogens is 390 g/mol. The molecule has 1 atom stereocenters. The van der Waals surface area contributed by atoms with E-state index in [2.05, 4.69) is 4.90 Å². The summed E-state index contributed by atoms with van der Waals surface area (Å²) in [5.74, 6) is 0.788. The third-order valence-electron chi connectivity index (χ3n) is 5.97. The number of benzene rings is 1. The summed E-state index contributed by atoms with van der Waals surface area (Å²) in [5, 5.41) is 0.968. The Hall–Kier alpha value is -2.35. The molecule has 1 amide bonds. The number of ether oxygens (including phenoxy) is 2. The minimum Gasteiger partial charge on any atom is -0.497 e. The number of carbonyl (C=O) groups is 2. The molecule has 2 aliphatic heterocycles. The van der Waals surface area contributed by atoms with E-state index in [9.17, 15) is 9.59 Å². The summed E-state index contributed by atoms with van der Waals surface area (Å²) >= 11 is 1.65. The average Bonchev–Trinajstić information content (AvgIpc) is 3.21. The highest BCUT2D eigenvalue weighted by Crippen LogP contribution is 2.34. The second kappa shape index (κ2) is 8.57. The van der Waals surface area contributed by atoms with Gasteiger partial charge in [-0.05, 0) is 43.9 Å². The molecule has 3 heterocycles. The van der Waals surface area contributed by atoms with Crippen LogP contribution in [-0.4, -0.2) is 62.2 Å². The van der Waals surface area contributed by atoms with Crippen molar-refractivity contribution in [1.29, 1.82) is 0 Å². The number of thiazole rings is 1. The number of piperidine rings is 2. The second-order valence-corrected chi connectivity index (χ2v) is 8.75. The smallest absolute Gasteiger partial charge is 0.308 e. The minimum atomic E-state index is -0.159. The maximum Gasteiger partial charge on any atom is 0.308 e. The van der Waals surface area contributed by atoms with Crippen LogP contribution in [0.1, 0.15) is 25.7 Å². The van der Waals surface area contributed by atoms with Crippen molar-refractivity contribution in [2.75, 3.05) is 45.3 Å². The molecule has 1 aromatic carbocycles. The molecule has 0 N–H and O–H groups in total. The van der Waals surface area contributed by atoms with Crippen LogP contribution in [0, 0.1) is 11.8 Å². The second-order valence-electron chi connectivity index (χ2n) is 7.74. The lowest BCUT2D eigenvalue weighted by Gasteiger charge is -2.37. The molecule has 0 spiro atoms. The maximum atomic E-state index is 13.1. The summed E-state index contributed by atoms with van der Waals surface area (Å²) < 4.78 is 11.2. The lowest BCUT2D eigenvalue weighted by molar-refractivity contribution is -0.149. The first-order valence-corrected chi connectivity index (χ1v) is 11.0. The Morgan fingerprint density at radius 3 is 2.62 bits per heavy atom. The first-order valence-electron chi connectivity index (χ1n) is 10.1. The van der Waals surface area contributed by atoms with Gasteiger partial charge in [0.25, 0.3) is 0 Å². The van der Waals surface area contributed by atoms with Crippen molar-refractivity contribution < 1.29 is 19.1 Å². The van der Waals surface area contributed by atoms with Crippen molar-refractivity contribution in [3.63, 3.8) is 0 Å². The van der Waals surface area contributed by atoms with E-state index in [-0.39, 0.29) is 23.7 Å². The van der Waals surface area contributed by atoms with Gasteiger partial charge < -0.3 is 19.3 Å². The van der Waals surface area contributed by atoms with E-state index in [4.69, 9.17) is 14.5 Å². The van der Waals surface area contributed by atoms with Gasteiger partial charge in [-0.1, -0.05) is 11.3 Å². The molecule has 0 radical (unpaired) electrons. The Labute approximate surface area is 174 Å². The molecule has 29 heavy (non-hydrogen) atoms. The fraction of sp³-hybridized carbons (Fsp3) is 0.571. The van der Waals surface area contributed by atoms with Crippen molar-refractivity contribution in [3.8, 4) is 5.75 Å². The monoisotopic (exact) mass is 417 g/mol. The Morgan fingerprint density at radius 2 is 1.90 bits per heavy atom. The van der Waals surface area contributed by atoms with Crippen LogP contribution < -0.4 is 9.64 Å². The predicted molar refractivity (Wildman–Crippen MR) is 112 cm³/mol. The number of amides is 1. The summed E-state index contributed by atoms with van der Waals surface area (Å²) in [5.41, 5.74) is 0.962. The van der Waals surface area contributed by atoms with Crippen LogP contribution >= 0.6 is 11.3 Å². The molecule has 4 rings (SSSR count). The number of methoxy groups -OCH3 is 2. The SMILES string of the molecule is COC(=O)C1CCN(C(=O)C2CCCN(c3nc4ccc(OC)cc4s3)C2)CC1. The summed E-state index contributed by atoms with van der Waals surface area (Å²) in [6, 6.07) is 5.91. The van der Waals surface area contributed by atoms with Gasteiger partial charge in [-0.15, -0.1) is 0 Å². The number of fused-ring (bicyclic) bond motifs is 1. The molecule has 8 heteroatoms. The standard InChI is InChI=1S/C21H27N3O4S/c1-27-16-5-6-17-18(12-16)29-21(22-17)24-9-3-4-15(13-24)19(25)23-10-7-14(8-11-23)20(26)28-2/h5-6,12,14-15H,3-4,7-11,13H2,1-2H3. The van der Waals surface area contributed by atoms with E-state index in [1.54, 1.807) is 18.4 Å². The van der Waals surface area contributed by atoms with Crippen LogP contribution in [0.5, 0.6) is 5.75 Å². The zero-order chi connectivity index (χ0) is 20.4. The van der Waals surface area contributed by atoms with Crippen LogP contribution in [0.4, 0.5) is 5.13 Å². The van der Waals surface area contributed by atoms with E-state index in [0.29, 0.717) is 32.5 Å². The van der Waals surface area contributed by atoms with E-state index in [0.717, 1.165) is 40.5 Å². The zero-order valence-electron chi connectivity index (χ0n) is 16.9. The van der Waals surface area contributed by atoms with E-state index in [1.807, 2.05) is 23.1 Å². The molecule has 0 aliphatic carbocycles. The lowest BCUT2D eigenvalue weighted by Crippen LogP contribution is -2.48. The number of rotatable bonds is 4. The Morgan fingerprint density at radius 1 is 1.10 bits per heavy atom. The van der Waals surface area contributed by atoms with E-state index >= 15 is 0 Å². The van der Waals surface area contributed by atoms with Gasteiger partial charge in [0.15, 0.2) is 5.13 Å². The first kappa shape index (κ1) is 19.9. The van der Waals surface area contributed by atoms with Crippen LogP contribution in [0.15, 0.2) is 18.2 Å². The van der Waals surface area contributed by atoms with Crippen molar-refractivity contribution in [2.24, 2.45) is 11.8 Å². The largest absolute Gasteiger partial charge is 0.497 e. The van der Waals surface area contributed by atoms with Gasteiger partial charge in [0.1, 0.15) is 5.75 Å². The zero-order valence-corrected chi connectivity index (χ0v) is 17.7. The Kier molecular flexibility index (Phi) is 5.89. The highest BCUT2D eigenvalue weighted by atomic mass is 32.1. The third kappa shape index (κ3) is 4.17. The number of esters is 1. The van der Waals surface area contributed by atoms with Crippen LogP contribution in [0.3, 0.4) is 0 Å². The van der Waals surface area contributed by atoms with Gasteiger partial charge in [-0.2, -0.15) is 0 Å². The van der Waals surface area contributed by atoms with Crippen LogP contribution in [-0.2, 0) is 14.3 Å². The molecule has 2 aromatic rings. The molecule has 2 saturated heterocycles. The van der Waals surface area contributed by atoms with Gasteiger partial charge >= 0.3 is 5.97 Å². The average molecular weight is 418 g/mol. The van der Waals surface area contributed by atoms with Crippen molar-refractivity contribution in [2.45, 2.75) is 25.7 Å². The number of hydrogen-bond donors (Lipinski definition) is 0. The fourth-order valence-electron chi connectivity index (χ4n) is 4.27. The van der Waals surface area contributed by atoms with Gasteiger partial charge in [0.05, 0.1) is 36.3 Å². The number of aromatic nitrogens is 1. The number of anilines is 1. The molecule has 2 fully saturated rings. The topological polar surface area (TPSA) is 72.0 Å². The highest BCUT2D eigenvalue weighted by Gasteiger charge is 2.34. The first-order chi connectivity index (χ1) is 14.1. The number of carbonyl (C=O) groups excluding carboxylic acids is 2. The lowest BCUT2D eigenvalue weighted by atomic mass is 9.93. The van der Waals surface area contributed by atoms with Gasteiger partial charge in [-0.3, -0.25) is 9.59 Å². The molecule has 7 nitrogen and oxygen atoms in total. The van der Waals surface area contributed by atoms with Crippen LogP contribution in [0.2, 0.25) is 0 Å². The molecule has 1 aromatic heterocycles. The molecule has 0 saturated carbocycles. The summed E-state index contributed by atoms with van der Waals surface area (Å²) in [6.45, 7) is 2.89. The fourth-order valence-corrected chi connectivity index (χ4v) is 5.30. The van der Waals surface area contributed by atoms with Gasteiger partial charge in [0.2, 0.25) is 5.91 Å². The van der Waals surface area contributed by atoms with E-state index in [1.165, 1.54) is 7.11 Å². The molecule has 0 bridgehead atoms. The number of likely N-dealkylation sites (tertiary alicyclic amines) is 1. The Bertz CT molecular complexity index is 891. The summed E-state index contributed by atoms with van der Waals surface area (Å²) in [6.07, 6.45) is 3.27. The molecule has 2 aliphatic rings. The maximum absolute atomic E-state index is 13.1. The predicted octanol–water partition coefficient (Wildman–Crippen LogP) is 2.93. The summed E-state index contributed by atoms with van der Waals surface area (Å²) in [4.78, 5) is 33.7. The van der Waals surface area contributed by atoms with Crippen molar-refractivity contribution in [1.82, 2.24) is 9.88 Å². The molecule has 1 unspecified atom stereocenters. The van der Waals surface area contributed by atoms with Crippen molar-refractivity contribution >= 4 is 38.6 Å².